The molecule has 2 aromatic rings. The van der Waals surface area contributed by atoms with Crippen LogP contribution in [0, 0.1) is 18.3 Å². The van der Waals surface area contributed by atoms with Crippen LogP contribution in [0.2, 0.25) is 0 Å². The number of methoxy groups -OCH3 is 2. The van der Waals surface area contributed by atoms with E-state index in [2.05, 4.69) is 11.0 Å². The average molecular weight is 553 g/mol. The molecule has 0 unspecified atom stereocenters. The van der Waals surface area contributed by atoms with E-state index in [9.17, 15) is 14.9 Å². The average Bonchev–Trinajstić information content (AvgIpc) is 3.54. The van der Waals surface area contributed by atoms with Crippen molar-refractivity contribution < 1.29 is 14.3 Å². The number of thioether (sulfide) groups is 1. The monoisotopic (exact) mass is 552 g/mol. The van der Waals surface area contributed by atoms with Crippen LogP contribution in [0.15, 0.2) is 27.9 Å². The summed E-state index contributed by atoms with van der Waals surface area (Å²) < 4.78 is 12.9. The van der Waals surface area contributed by atoms with Gasteiger partial charge in [0.2, 0.25) is 0 Å². The van der Waals surface area contributed by atoms with E-state index >= 15 is 0 Å². The van der Waals surface area contributed by atoms with Crippen LogP contribution < -0.4 is 19.9 Å². The van der Waals surface area contributed by atoms with Crippen LogP contribution in [0.1, 0.15) is 48.4 Å². The van der Waals surface area contributed by atoms with Gasteiger partial charge in [0.15, 0.2) is 11.5 Å². The van der Waals surface area contributed by atoms with E-state index < -0.39 is 0 Å². The van der Waals surface area contributed by atoms with Gasteiger partial charge < -0.3 is 14.4 Å². The van der Waals surface area contributed by atoms with Gasteiger partial charge in [-0.2, -0.15) is 5.26 Å². The Balaban J connectivity index is 1.68. The molecule has 0 radical (unpaired) electrons. The molecule has 0 saturated carbocycles. The second-order valence-electron chi connectivity index (χ2n) is 9.27. The predicted molar refractivity (Wildman–Crippen MR) is 155 cm³/mol. The van der Waals surface area contributed by atoms with Crippen molar-refractivity contribution in [2.24, 2.45) is 0 Å². The summed E-state index contributed by atoms with van der Waals surface area (Å²) in [5, 5.41) is 9.80. The molecular formula is C28H32N4O4S2. The summed E-state index contributed by atoms with van der Waals surface area (Å²) in [6.45, 7) is 6.40. The molecule has 8 nitrogen and oxygen atoms in total. The molecule has 2 aliphatic heterocycles. The standard InChI is InChI=1S/C28H32N4O4S2/c1-5-11-31-25(30-12-6-7-13-30)20(18(2)21(17-29)26(31)33)16-24-27(34)32(28(37)38-24)14-10-19-8-9-22(35-3)23(15-19)36-4/h8-9,15-16H,5-7,10-14H2,1-4H3/b24-16+. The number of amides is 1. The lowest BCUT2D eigenvalue weighted by Crippen LogP contribution is -2.33. The zero-order valence-electron chi connectivity index (χ0n) is 22.2. The molecule has 1 aromatic heterocycles. The first-order chi connectivity index (χ1) is 18.3. The van der Waals surface area contributed by atoms with Crippen molar-refractivity contribution in [2.45, 2.75) is 46.1 Å². The number of carbonyl (C=O) groups excluding carboxylic acids is 1. The van der Waals surface area contributed by atoms with Crippen LogP contribution in [0.3, 0.4) is 0 Å². The van der Waals surface area contributed by atoms with Crippen molar-refractivity contribution in [3.05, 3.63) is 55.7 Å². The Morgan fingerprint density at radius 1 is 1.13 bits per heavy atom. The Kier molecular flexibility index (Phi) is 8.80. The number of rotatable bonds is 9. The maximum atomic E-state index is 13.5. The topological polar surface area (TPSA) is 87.8 Å². The van der Waals surface area contributed by atoms with Gasteiger partial charge in [0.25, 0.3) is 11.5 Å². The summed E-state index contributed by atoms with van der Waals surface area (Å²) in [5.74, 6) is 1.91. The van der Waals surface area contributed by atoms with Gasteiger partial charge in [-0.25, -0.2) is 0 Å². The van der Waals surface area contributed by atoms with E-state index in [0.29, 0.717) is 45.8 Å². The summed E-state index contributed by atoms with van der Waals surface area (Å²) in [4.78, 5) is 31.0. The lowest BCUT2D eigenvalue weighted by Gasteiger charge is -2.26. The molecule has 3 heterocycles. The fraction of sp³-hybridized carbons (Fsp3) is 0.429. The number of carbonyl (C=O) groups is 1. The SMILES string of the molecule is CCCn1c(N2CCCC2)c(/C=C2/SC(=S)N(CCc3ccc(OC)c(OC)c3)C2=O)c(C)c(C#N)c1=O. The number of hydrogen-bond donors (Lipinski definition) is 0. The molecule has 2 fully saturated rings. The third kappa shape index (κ3) is 5.31. The first-order valence-corrected chi connectivity index (χ1v) is 14.0. The van der Waals surface area contributed by atoms with Gasteiger partial charge in [0, 0.05) is 31.7 Å². The highest BCUT2D eigenvalue weighted by atomic mass is 32.2. The largest absolute Gasteiger partial charge is 0.493 e. The molecule has 10 heteroatoms. The number of pyridine rings is 1. The fourth-order valence-corrected chi connectivity index (χ4v) is 6.24. The van der Waals surface area contributed by atoms with E-state index in [4.69, 9.17) is 21.7 Å². The molecule has 4 rings (SSSR count). The van der Waals surface area contributed by atoms with Crippen molar-refractivity contribution in [3.63, 3.8) is 0 Å². The zero-order chi connectivity index (χ0) is 27.4. The summed E-state index contributed by atoms with van der Waals surface area (Å²) >= 11 is 6.85. The van der Waals surface area contributed by atoms with Gasteiger partial charge in [-0.05, 0) is 61.9 Å². The van der Waals surface area contributed by atoms with Crippen LogP contribution in [0.4, 0.5) is 5.82 Å². The minimum atomic E-state index is -0.270. The Morgan fingerprint density at radius 2 is 1.84 bits per heavy atom. The number of nitrogens with zero attached hydrogens (tertiary/aromatic N) is 4. The number of aromatic nitrogens is 1. The van der Waals surface area contributed by atoms with E-state index in [0.717, 1.165) is 49.3 Å². The predicted octanol–water partition coefficient (Wildman–Crippen LogP) is 4.50. The molecule has 2 saturated heterocycles. The Morgan fingerprint density at radius 3 is 2.47 bits per heavy atom. The second kappa shape index (κ2) is 12.0. The Labute approximate surface area is 232 Å². The minimum Gasteiger partial charge on any atom is -0.493 e. The minimum absolute atomic E-state index is 0.122. The number of nitriles is 1. The first-order valence-electron chi connectivity index (χ1n) is 12.7. The second-order valence-corrected chi connectivity index (χ2v) is 10.9. The van der Waals surface area contributed by atoms with Crippen molar-refractivity contribution in [1.82, 2.24) is 9.47 Å². The highest BCUT2D eigenvalue weighted by molar-refractivity contribution is 8.26. The number of benzene rings is 1. The quantitative estimate of drug-likeness (QED) is 0.332. The number of anilines is 1. The molecule has 0 N–H and O–H groups in total. The highest BCUT2D eigenvalue weighted by Gasteiger charge is 2.33. The van der Waals surface area contributed by atoms with Crippen LogP contribution in [-0.2, 0) is 17.8 Å². The number of thiocarbonyl (C=S) groups is 1. The Bertz CT molecular complexity index is 1390. The van der Waals surface area contributed by atoms with Gasteiger partial charge in [-0.3, -0.25) is 19.1 Å². The summed E-state index contributed by atoms with van der Waals surface area (Å²) in [5.41, 5.74) is 2.20. The van der Waals surface area contributed by atoms with Crippen LogP contribution in [0.25, 0.3) is 6.08 Å². The molecule has 0 aliphatic carbocycles. The van der Waals surface area contributed by atoms with E-state index in [1.807, 2.05) is 31.2 Å². The summed E-state index contributed by atoms with van der Waals surface area (Å²) in [6.07, 6.45) is 5.25. The van der Waals surface area contributed by atoms with Crippen LogP contribution in [-0.4, -0.2) is 53.5 Å². The number of hydrogen-bond acceptors (Lipinski definition) is 8. The Hall–Kier alpha value is -3.29. The third-order valence-electron chi connectivity index (χ3n) is 6.92. The lowest BCUT2D eigenvalue weighted by molar-refractivity contribution is -0.122. The fourth-order valence-electron chi connectivity index (χ4n) is 4.95. The van der Waals surface area contributed by atoms with Crippen LogP contribution >= 0.6 is 24.0 Å². The van der Waals surface area contributed by atoms with Crippen LogP contribution in [0.5, 0.6) is 11.5 Å². The maximum Gasteiger partial charge on any atom is 0.270 e. The van der Waals surface area contributed by atoms with Gasteiger partial charge >= 0.3 is 0 Å². The maximum absolute atomic E-state index is 13.5. The summed E-state index contributed by atoms with van der Waals surface area (Å²) in [7, 11) is 3.18. The molecule has 1 amide bonds. The third-order valence-corrected chi connectivity index (χ3v) is 8.30. The molecule has 200 valence electrons. The smallest absolute Gasteiger partial charge is 0.270 e. The van der Waals surface area contributed by atoms with E-state index in [-0.39, 0.29) is 17.0 Å². The highest BCUT2D eigenvalue weighted by Crippen LogP contribution is 2.37. The molecule has 0 spiro atoms. The summed E-state index contributed by atoms with van der Waals surface area (Å²) in [6, 6.07) is 7.79. The molecule has 2 aliphatic rings. The van der Waals surface area contributed by atoms with Gasteiger partial charge in [-0.1, -0.05) is 37.0 Å². The van der Waals surface area contributed by atoms with Crippen molar-refractivity contribution >= 4 is 46.1 Å². The van der Waals surface area contributed by atoms with Gasteiger partial charge in [0.05, 0.1) is 19.1 Å². The van der Waals surface area contributed by atoms with Crippen molar-refractivity contribution in [2.75, 3.05) is 38.8 Å². The molecule has 1 aromatic carbocycles. The normalized spacial score (nSPS) is 16.4. The first kappa shape index (κ1) is 27.7. The zero-order valence-corrected chi connectivity index (χ0v) is 23.8. The lowest BCUT2D eigenvalue weighted by atomic mass is 10.0. The molecule has 0 bridgehead atoms. The van der Waals surface area contributed by atoms with E-state index in [1.165, 1.54) is 11.8 Å². The van der Waals surface area contributed by atoms with Crippen molar-refractivity contribution in [3.8, 4) is 17.6 Å². The van der Waals surface area contributed by atoms with Gasteiger partial charge in [-0.15, -0.1) is 0 Å². The van der Waals surface area contributed by atoms with Gasteiger partial charge in [0.1, 0.15) is 21.8 Å². The molecular weight excluding hydrogens is 520 g/mol. The van der Waals surface area contributed by atoms with Crippen molar-refractivity contribution in [1.29, 1.82) is 5.26 Å². The number of ether oxygens (including phenoxy) is 2. The molecule has 38 heavy (non-hydrogen) atoms. The molecule has 0 atom stereocenters. The van der Waals surface area contributed by atoms with E-state index in [1.54, 1.807) is 30.6 Å².